The fourth-order valence-electron chi connectivity index (χ4n) is 3.02. The summed E-state index contributed by atoms with van der Waals surface area (Å²) in [4.78, 5) is 12.1. The fraction of sp³-hybridized carbons (Fsp3) is 0.367. The van der Waals surface area contributed by atoms with Crippen molar-refractivity contribution >= 4 is 30.1 Å². The van der Waals surface area contributed by atoms with Crippen LogP contribution in [0.2, 0.25) is 0 Å². The molecule has 0 radical (unpaired) electrons. The van der Waals surface area contributed by atoms with Crippen LogP contribution in [-0.4, -0.2) is 39.9 Å². The fourth-order valence-corrected chi connectivity index (χ4v) is 3.20. The highest BCUT2D eigenvalue weighted by Crippen LogP contribution is 2.17. The van der Waals surface area contributed by atoms with Gasteiger partial charge in [0.05, 0.1) is 7.11 Å². The van der Waals surface area contributed by atoms with E-state index in [1.165, 1.54) is 5.57 Å². The maximum absolute atomic E-state index is 12.1. The number of carbonyl (C=O) groups excluding carboxylic acids is 1. The smallest absolute Gasteiger partial charge is 0.220 e. The van der Waals surface area contributed by atoms with Crippen LogP contribution in [0.3, 0.4) is 0 Å². The summed E-state index contributed by atoms with van der Waals surface area (Å²) >= 11 is 8.74. The van der Waals surface area contributed by atoms with Gasteiger partial charge in [0, 0.05) is 36.5 Å². The van der Waals surface area contributed by atoms with Gasteiger partial charge in [-0.2, -0.15) is 12.6 Å². The molecule has 0 atom stereocenters. The lowest BCUT2D eigenvalue weighted by atomic mass is 10.1. The molecular weight excluding hydrogens is 516 g/mol. The van der Waals surface area contributed by atoms with E-state index in [2.05, 4.69) is 34.7 Å². The molecule has 8 heteroatoms. The van der Waals surface area contributed by atoms with Crippen molar-refractivity contribution in [2.24, 2.45) is 0 Å². The molecule has 0 aliphatic carbocycles. The number of aromatic nitrogens is 3. The Bertz CT molecular complexity index is 1050. The van der Waals surface area contributed by atoms with Gasteiger partial charge in [-0.3, -0.25) is 9.36 Å². The first-order valence-corrected chi connectivity index (χ1v) is 13.9. The molecule has 3 rings (SSSR count). The van der Waals surface area contributed by atoms with Gasteiger partial charge in [-0.25, -0.2) is 0 Å². The number of thiol groups is 1. The van der Waals surface area contributed by atoms with E-state index >= 15 is 0 Å². The third-order valence-electron chi connectivity index (χ3n) is 4.70. The molecule has 0 aliphatic heterocycles. The number of carbonyl (C=O) groups is 1. The molecular formula is C30H43ClN4O2S. The number of aryl methyl sites for hydroxylation is 1. The van der Waals surface area contributed by atoms with E-state index in [0.29, 0.717) is 18.8 Å². The first kappa shape index (κ1) is 35.0. The number of methoxy groups -OCH3 is 1. The highest BCUT2D eigenvalue weighted by Gasteiger charge is 2.08. The average molecular weight is 559 g/mol. The van der Waals surface area contributed by atoms with E-state index in [1.807, 2.05) is 92.1 Å². The molecule has 0 saturated carbocycles. The molecule has 0 saturated heterocycles. The minimum atomic E-state index is 0.0467. The molecule has 0 spiro atoms. The number of hydrogen-bond acceptors (Lipinski definition) is 5. The third kappa shape index (κ3) is 15.9. The normalized spacial score (nSPS) is 9.66. The molecule has 208 valence electrons. The van der Waals surface area contributed by atoms with Gasteiger partial charge in [0.25, 0.3) is 0 Å². The maximum atomic E-state index is 12.1. The Morgan fingerprint density at radius 1 is 1.11 bits per heavy atom. The maximum Gasteiger partial charge on any atom is 0.220 e. The number of amides is 1. The topological polar surface area (TPSA) is 69.0 Å². The van der Waals surface area contributed by atoms with Crippen LogP contribution in [-0.2, 0) is 17.8 Å². The lowest BCUT2D eigenvalue weighted by Crippen LogP contribution is -2.22. The second-order valence-corrected chi connectivity index (χ2v) is 8.49. The SMILES string of the molecule is C/C=C\CCl.C=C(C)C.COc1ccccc1CNC(=O)CCCCc1nncn1-c1ccccc1.CS. The summed E-state index contributed by atoms with van der Waals surface area (Å²) in [5.74, 6) is 2.38. The molecule has 2 aromatic carbocycles. The molecule has 3 aromatic rings. The van der Waals surface area contributed by atoms with E-state index in [4.69, 9.17) is 16.3 Å². The van der Waals surface area contributed by atoms with Crippen LogP contribution in [0.15, 0.2) is 85.2 Å². The summed E-state index contributed by atoms with van der Waals surface area (Å²) in [6.07, 6.45) is 10.2. The number of unbranched alkanes of at least 4 members (excludes halogenated alkanes) is 1. The quantitative estimate of drug-likeness (QED) is 0.119. The molecule has 1 aromatic heterocycles. The van der Waals surface area contributed by atoms with Crippen LogP contribution in [0.25, 0.3) is 5.69 Å². The number of alkyl halides is 1. The van der Waals surface area contributed by atoms with Gasteiger partial charge < -0.3 is 10.1 Å². The van der Waals surface area contributed by atoms with Crippen molar-refractivity contribution in [1.82, 2.24) is 20.1 Å². The van der Waals surface area contributed by atoms with Gasteiger partial charge in [-0.05, 0) is 58.1 Å². The van der Waals surface area contributed by atoms with Crippen molar-refractivity contribution in [3.8, 4) is 11.4 Å². The standard InChI is InChI=1S/C21H24N4O2.C4H7Cl.C4H8.CH4S/c1-27-19-12-6-5-9-17(19)15-22-21(26)14-8-7-13-20-24-23-16-25(20)18-10-3-2-4-11-18;1-2-3-4-5;1-4(2)3;1-2/h2-6,9-12,16H,7-8,13-15H2,1H3,(H,22,26);2-3H,4H2,1H3;1H2,2-3H3;2H,1H3/b;3-2-;;. The summed E-state index contributed by atoms with van der Waals surface area (Å²) < 4.78 is 7.29. The minimum absolute atomic E-state index is 0.0467. The Balaban J connectivity index is 0.00000106. The highest BCUT2D eigenvalue weighted by atomic mass is 35.5. The Morgan fingerprint density at radius 2 is 1.74 bits per heavy atom. The minimum Gasteiger partial charge on any atom is -0.496 e. The number of halogens is 1. The average Bonchev–Trinajstić information content (AvgIpc) is 3.41. The van der Waals surface area contributed by atoms with Crippen molar-refractivity contribution in [3.63, 3.8) is 0 Å². The molecule has 0 unspecified atom stereocenters. The predicted molar refractivity (Wildman–Crippen MR) is 165 cm³/mol. The number of ether oxygens (including phenoxy) is 1. The van der Waals surface area contributed by atoms with Crippen molar-refractivity contribution < 1.29 is 9.53 Å². The summed E-state index contributed by atoms with van der Waals surface area (Å²) in [5.41, 5.74) is 3.19. The molecule has 1 heterocycles. The Morgan fingerprint density at radius 3 is 2.32 bits per heavy atom. The van der Waals surface area contributed by atoms with Crippen LogP contribution < -0.4 is 10.1 Å². The number of allylic oxidation sites excluding steroid dienone is 3. The second-order valence-electron chi connectivity index (χ2n) is 8.18. The molecule has 1 N–H and O–H groups in total. The molecule has 0 fully saturated rings. The Hall–Kier alpha value is -3.03. The van der Waals surface area contributed by atoms with E-state index in [9.17, 15) is 4.79 Å². The zero-order valence-corrected chi connectivity index (χ0v) is 25.0. The Labute approximate surface area is 239 Å². The zero-order chi connectivity index (χ0) is 28.6. The highest BCUT2D eigenvalue weighted by molar-refractivity contribution is 7.79. The first-order chi connectivity index (χ1) is 18.4. The number of rotatable bonds is 10. The van der Waals surface area contributed by atoms with Crippen LogP contribution in [0, 0.1) is 0 Å². The molecule has 0 bridgehead atoms. The van der Waals surface area contributed by atoms with Gasteiger partial charge in [-0.1, -0.05) is 54.1 Å². The van der Waals surface area contributed by atoms with E-state index < -0.39 is 0 Å². The van der Waals surface area contributed by atoms with Gasteiger partial charge in [-0.15, -0.1) is 28.4 Å². The number of nitrogens with one attached hydrogen (secondary N) is 1. The number of para-hydroxylation sites is 2. The summed E-state index contributed by atoms with van der Waals surface area (Å²) in [6.45, 7) is 9.92. The van der Waals surface area contributed by atoms with E-state index in [1.54, 1.807) is 19.7 Å². The molecule has 0 aliphatic rings. The molecule has 1 amide bonds. The number of hydrogen-bond donors (Lipinski definition) is 2. The van der Waals surface area contributed by atoms with Crippen molar-refractivity contribution in [3.05, 3.63) is 96.6 Å². The van der Waals surface area contributed by atoms with Crippen LogP contribution in [0.1, 0.15) is 51.4 Å². The molecule has 6 nitrogen and oxygen atoms in total. The van der Waals surface area contributed by atoms with Gasteiger partial charge >= 0.3 is 0 Å². The number of nitrogens with zero attached hydrogens (tertiary/aromatic N) is 3. The summed E-state index contributed by atoms with van der Waals surface area (Å²) in [6, 6.07) is 17.7. The summed E-state index contributed by atoms with van der Waals surface area (Å²) in [5, 5.41) is 11.2. The largest absolute Gasteiger partial charge is 0.496 e. The first-order valence-electron chi connectivity index (χ1n) is 12.5. The Kier molecular flexibility index (Phi) is 21.3. The van der Waals surface area contributed by atoms with Gasteiger partial charge in [0.1, 0.15) is 17.9 Å². The molecule has 38 heavy (non-hydrogen) atoms. The van der Waals surface area contributed by atoms with Crippen molar-refractivity contribution in [1.29, 1.82) is 0 Å². The number of benzene rings is 2. The van der Waals surface area contributed by atoms with Crippen LogP contribution >= 0.6 is 24.2 Å². The van der Waals surface area contributed by atoms with Gasteiger partial charge in [0.15, 0.2) is 0 Å². The van der Waals surface area contributed by atoms with Crippen molar-refractivity contribution in [2.45, 2.75) is 53.0 Å². The lowest BCUT2D eigenvalue weighted by molar-refractivity contribution is -0.121. The van der Waals surface area contributed by atoms with E-state index in [-0.39, 0.29) is 5.91 Å². The predicted octanol–water partition coefficient (Wildman–Crippen LogP) is 7.23. The third-order valence-corrected chi connectivity index (χ3v) is 4.88. The summed E-state index contributed by atoms with van der Waals surface area (Å²) in [7, 11) is 1.63. The lowest BCUT2D eigenvalue weighted by Gasteiger charge is -2.09. The monoisotopic (exact) mass is 558 g/mol. The zero-order valence-electron chi connectivity index (χ0n) is 23.4. The van der Waals surface area contributed by atoms with Crippen LogP contribution in [0.4, 0.5) is 0 Å². The van der Waals surface area contributed by atoms with Gasteiger partial charge in [0.2, 0.25) is 5.91 Å². The second kappa shape index (κ2) is 23.1. The van der Waals surface area contributed by atoms with Crippen LogP contribution in [0.5, 0.6) is 5.75 Å². The van der Waals surface area contributed by atoms with E-state index in [0.717, 1.165) is 42.1 Å². The van der Waals surface area contributed by atoms with Crippen molar-refractivity contribution in [2.75, 3.05) is 19.2 Å².